The van der Waals surface area contributed by atoms with Crippen LogP contribution in [-0.2, 0) is 16.1 Å². The Labute approximate surface area is 213 Å². The number of benzene rings is 3. The first-order chi connectivity index (χ1) is 17.8. The minimum absolute atomic E-state index is 0.132. The average Bonchev–Trinajstić information content (AvgIpc) is 3.12. The van der Waals surface area contributed by atoms with Crippen molar-refractivity contribution in [1.29, 1.82) is 0 Å². The molecule has 1 heterocycles. The van der Waals surface area contributed by atoms with Gasteiger partial charge in [0.25, 0.3) is 17.7 Å². The van der Waals surface area contributed by atoms with Gasteiger partial charge in [-0.25, -0.2) is 0 Å². The third-order valence-electron chi connectivity index (χ3n) is 5.69. The molecule has 0 saturated heterocycles. The fourth-order valence-corrected chi connectivity index (χ4v) is 3.97. The van der Waals surface area contributed by atoms with Gasteiger partial charge in [0.05, 0.1) is 11.1 Å². The number of nitrogens with zero attached hydrogens (tertiary/aromatic N) is 1. The van der Waals surface area contributed by atoms with Crippen LogP contribution in [0.4, 0.5) is 5.69 Å². The topological polar surface area (TPSA) is 122 Å². The number of amides is 4. The SMILES string of the molecule is CC(=O)Oc1cccc(C(=O)NCc2cccc(NC(=O)CCCN3C(=O)c4ccccc4C3=O)c2)c1. The molecule has 0 bridgehead atoms. The minimum atomic E-state index is -0.472. The van der Waals surface area contributed by atoms with Crippen LogP contribution in [0.3, 0.4) is 0 Å². The van der Waals surface area contributed by atoms with Gasteiger partial charge in [-0.15, -0.1) is 0 Å². The summed E-state index contributed by atoms with van der Waals surface area (Å²) in [6.07, 6.45) is 0.465. The van der Waals surface area contributed by atoms with Gasteiger partial charge in [-0.3, -0.25) is 28.9 Å². The molecular formula is C28H25N3O6. The lowest BCUT2D eigenvalue weighted by Gasteiger charge is -2.13. The number of rotatable bonds is 9. The fourth-order valence-electron chi connectivity index (χ4n) is 3.97. The molecule has 188 valence electrons. The number of carbonyl (C=O) groups excluding carboxylic acids is 5. The minimum Gasteiger partial charge on any atom is -0.427 e. The second kappa shape index (κ2) is 11.3. The molecule has 0 fully saturated rings. The monoisotopic (exact) mass is 499 g/mol. The molecule has 37 heavy (non-hydrogen) atoms. The summed E-state index contributed by atoms with van der Waals surface area (Å²) in [6.45, 7) is 1.66. The molecule has 0 aliphatic carbocycles. The van der Waals surface area contributed by atoms with Gasteiger partial charge in [-0.2, -0.15) is 0 Å². The Bertz CT molecular complexity index is 1350. The average molecular weight is 500 g/mol. The van der Waals surface area contributed by atoms with Gasteiger partial charge in [0.15, 0.2) is 0 Å². The molecule has 2 N–H and O–H groups in total. The highest BCUT2D eigenvalue weighted by Crippen LogP contribution is 2.23. The molecule has 0 unspecified atom stereocenters. The summed E-state index contributed by atoms with van der Waals surface area (Å²) < 4.78 is 5.01. The number of nitrogens with one attached hydrogen (secondary N) is 2. The van der Waals surface area contributed by atoms with E-state index in [-0.39, 0.29) is 48.9 Å². The molecule has 0 aromatic heterocycles. The van der Waals surface area contributed by atoms with Crippen LogP contribution in [0.25, 0.3) is 0 Å². The lowest BCUT2D eigenvalue weighted by molar-refractivity contribution is -0.131. The third kappa shape index (κ3) is 6.26. The highest BCUT2D eigenvalue weighted by atomic mass is 16.5. The van der Waals surface area contributed by atoms with Crippen LogP contribution in [-0.4, -0.2) is 41.0 Å². The summed E-state index contributed by atoms with van der Waals surface area (Å²) >= 11 is 0. The van der Waals surface area contributed by atoms with E-state index >= 15 is 0 Å². The zero-order chi connectivity index (χ0) is 26.4. The van der Waals surface area contributed by atoms with Crippen LogP contribution < -0.4 is 15.4 Å². The van der Waals surface area contributed by atoms with Crippen molar-refractivity contribution in [2.75, 3.05) is 11.9 Å². The van der Waals surface area contributed by atoms with Crippen molar-refractivity contribution in [3.8, 4) is 5.75 Å². The van der Waals surface area contributed by atoms with Crippen LogP contribution in [0.15, 0.2) is 72.8 Å². The van der Waals surface area contributed by atoms with E-state index in [0.29, 0.717) is 28.8 Å². The Morgan fingerprint density at radius 2 is 1.57 bits per heavy atom. The Kier molecular flexibility index (Phi) is 7.73. The summed E-state index contributed by atoms with van der Waals surface area (Å²) in [6, 6.07) is 20.0. The van der Waals surface area contributed by atoms with Gasteiger partial charge in [-0.05, 0) is 54.4 Å². The quantitative estimate of drug-likeness (QED) is 0.264. The molecule has 9 heteroatoms. The summed E-state index contributed by atoms with van der Waals surface area (Å²) in [5, 5.41) is 5.60. The molecule has 0 atom stereocenters. The van der Waals surface area contributed by atoms with Crippen LogP contribution in [0.2, 0.25) is 0 Å². The standard InChI is InChI=1S/C28H25N3O6/c1-18(32)37-22-10-5-8-20(16-22)26(34)29-17-19-7-4-9-21(15-19)30-25(33)13-6-14-31-27(35)23-11-2-3-12-24(23)28(31)36/h2-5,7-12,15-16H,6,13-14,17H2,1H3,(H,29,34)(H,30,33). The zero-order valence-electron chi connectivity index (χ0n) is 20.2. The van der Waals surface area contributed by atoms with Crippen molar-refractivity contribution >= 4 is 35.3 Å². The van der Waals surface area contributed by atoms with Gasteiger partial charge in [-0.1, -0.05) is 30.3 Å². The van der Waals surface area contributed by atoms with Crippen molar-refractivity contribution in [2.24, 2.45) is 0 Å². The molecule has 3 aromatic rings. The van der Waals surface area contributed by atoms with E-state index in [2.05, 4.69) is 10.6 Å². The molecule has 0 spiro atoms. The van der Waals surface area contributed by atoms with E-state index in [0.717, 1.165) is 5.56 Å². The Morgan fingerprint density at radius 3 is 2.27 bits per heavy atom. The van der Waals surface area contributed by atoms with Gasteiger partial charge >= 0.3 is 5.97 Å². The Morgan fingerprint density at radius 1 is 0.865 bits per heavy atom. The smallest absolute Gasteiger partial charge is 0.308 e. The number of esters is 1. The first kappa shape index (κ1) is 25.3. The number of hydrogen-bond acceptors (Lipinski definition) is 6. The van der Waals surface area contributed by atoms with E-state index in [1.54, 1.807) is 60.7 Å². The molecule has 9 nitrogen and oxygen atoms in total. The predicted molar refractivity (Wildman–Crippen MR) is 135 cm³/mol. The molecule has 0 saturated carbocycles. The van der Waals surface area contributed by atoms with Crippen molar-refractivity contribution in [3.05, 3.63) is 95.1 Å². The second-order valence-electron chi connectivity index (χ2n) is 8.46. The predicted octanol–water partition coefficient (Wildman–Crippen LogP) is 3.56. The second-order valence-corrected chi connectivity index (χ2v) is 8.46. The van der Waals surface area contributed by atoms with Crippen LogP contribution in [0, 0.1) is 0 Å². The lowest BCUT2D eigenvalue weighted by Crippen LogP contribution is -2.31. The maximum Gasteiger partial charge on any atom is 0.308 e. The van der Waals surface area contributed by atoms with Crippen molar-refractivity contribution < 1.29 is 28.7 Å². The van der Waals surface area contributed by atoms with Crippen LogP contribution >= 0.6 is 0 Å². The number of carbonyl (C=O) groups is 5. The lowest BCUT2D eigenvalue weighted by atomic mass is 10.1. The number of hydrogen-bond donors (Lipinski definition) is 2. The molecule has 4 rings (SSSR count). The number of imide groups is 1. The summed E-state index contributed by atoms with van der Waals surface area (Å²) in [4.78, 5) is 62.1. The zero-order valence-corrected chi connectivity index (χ0v) is 20.2. The van der Waals surface area contributed by atoms with E-state index < -0.39 is 5.97 Å². The first-order valence-electron chi connectivity index (χ1n) is 11.7. The number of anilines is 1. The maximum absolute atomic E-state index is 12.5. The van der Waals surface area contributed by atoms with Crippen molar-refractivity contribution in [2.45, 2.75) is 26.3 Å². The number of fused-ring (bicyclic) bond motifs is 1. The molecule has 1 aliphatic heterocycles. The summed E-state index contributed by atoms with van der Waals surface area (Å²) in [5.41, 5.74) is 2.46. The Balaban J connectivity index is 1.25. The highest BCUT2D eigenvalue weighted by molar-refractivity contribution is 6.21. The Hall–Kier alpha value is -4.79. The van der Waals surface area contributed by atoms with Crippen molar-refractivity contribution in [1.82, 2.24) is 10.2 Å². The molecule has 0 radical (unpaired) electrons. The van der Waals surface area contributed by atoms with Gasteiger partial charge < -0.3 is 15.4 Å². The molecular weight excluding hydrogens is 474 g/mol. The molecule has 4 amide bonds. The number of ether oxygens (including phenoxy) is 1. The van der Waals surface area contributed by atoms with Gasteiger partial charge in [0.1, 0.15) is 5.75 Å². The summed E-state index contributed by atoms with van der Waals surface area (Å²) in [5.74, 6) is -1.45. The fraction of sp³-hybridized carbons (Fsp3) is 0.179. The van der Waals surface area contributed by atoms with Gasteiger partial charge in [0.2, 0.25) is 5.91 Å². The maximum atomic E-state index is 12.5. The van der Waals surface area contributed by atoms with E-state index in [4.69, 9.17) is 4.74 Å². The molecule has 1 aliphatic rings. The largest absolute Gasteiger partial charge is 0.427 e. The molecule has 3 aromatic carbocycles. The first-order valence-corrected chi connectivity index (χ1v) is 11.7. The third-order valence-corrected chi connectivity index (χ3v) is 5.69. The normalized spacial score (nSPS) is 12.2. The highest BCUT2D eigenvalue weighted by Gasteiger charge is 2.34. The van der Waals surface area contributed by atoms with E-state index in [1.165, 1.54) is 17.9 Å². The van der Waals surface area contributed by atoms with E-state index in [1.807, 2.05) is 6.07 Å². The van der Waals surface area contributed by atoms with Crippen LogP contribution in [0.5, 0.6) is 5.75 Å². The summed E-state index contributed by atoms with van der Waals surface area (Å²) in [7, 11) is 0. The van der Waals surface area contributed by atoms with Gasteiger partial charge in [0, 0.05) is 37.7 Å². The van der Waals surface area contributed by atoms with Crippen molar-refractivity contribution in [3.63, 3.8) is 0 Å². The van der Waals surface area contributed by atoms with E-state index in [9.17, 15) is 24.0 Å². The van der Waals surface area contributed by atoms with Crippen LogP contribution in [0.1, 0.15) is 56.4 Å².